The van der Waals surface area contributed by atoms with Gasteiger partial charge in [-0.3, -0.25) is 0 Å². The molecule has 0 saturated heterocycles. The molecule has 0 unspecified atom stereocenters. The average Bonchev–Trinajstić information content (AvgIpc) is 3.21. The first-order valence-corrected chi connectivity index (χ1v) is 22.5. The number of aromatic nitrogens is 5. The molecule has 2 aromatic heterocycles. The monoisotopic (exact) mass is 776 g/mol. The average molecular weight is 776 g/mol. The molecule has 0 aliphatic rings. The van der Waals surface area contributed by atoms with E-state index in [1.807, 2.05) is 24.3 Å². The summed E-state index contributed by atoms with van der Waals surface area (Å²) >= 11 is 0. The molecule has 0 bridgehead atoms. The van der Waals surface area contributed by atoms with Crippen molar-refractivity contribution in [2.45, 2.75) is 158 Å². The zero-order valence-electron chi connectivity index (χ0n) is 36.7. The van der Waals surface area contributed by atoms with Crippen LogP contribution in [0.4, 0.5) is 23.5 Å². The Morgan fingerprint density at radius 2 is 0.625 bits per heavy atom. The van der Waals surface area contributed by atoms with E-state index < -0.39 is 0 Å². The highest BCUT2D eigenvalue weighted by Gasteiger charge is 2.20. The van der Waals surface area contributed by atoms with E-state index in [0.29, 0.717) is 35.4 Å². The third kappa shape index (κ3) is 16.3. The van der Waals surface area contributed by atoms with Crippen LogP contribution in [0.15, 0.2) is 30.3 Å². The molecular weight excluding hydrogens is 699 g/mol. The third-order valence-corrected chi connectivity index (χ3v) is 9.98. The number of anilines is 4. The van der Waals surface area contributed by atoms with Gasteiger partial charge in [0.05, 0.1) is 0 Å². The molecule has 1 aromatic carbocycles. The molecule has 0 N–H and O–H groups in total. The van der Waals surface area contributed by atoms with Crippen LogP contribution >= 0.6 is 0 Å². The Labute approximate surface area is 341 Å². The van der Waals surface area contributed by atoms with E-state index in [4.69, 9.17) is 34.4 Å². The number of nitrogens with zero attached hydrogens (tertiary/aromatic N) is 9. The molecule has 0 atom stereocenters. The standard InChI is InChI=1S/C45H77N9O2/c1-9-17-29-51(30-18-10-2)40-37-41(52(31-19-11-3)32-20-12-4)47-44(46-40)55-38-25-27-39(28-26-38)56-45-49-42(53(33-21-13-5)34-22-14-6)48-43(50-45)54(35-23-15-7)36-24-16-8/h25-28,37H,9-24,29-36H2,1-8H3. The number of ether oxygens (including phenoxy) is 2. The molecule has 314 valence electrons. The molecule has 2 heterocycles. The molecule has 0 fully saturated rings. The number of unbranched alkanes of at least 4 members (excludes halogenated alkanes) is 8. The summed E-state index contributed by atoms with van der Waals surface area (Å²) in [7, 11) is 0. The van der Waals surface area contributed by atoms with Gasteiger partial charge in [-0.25, -0.2) is 0 Å². The third-order valence-electron chi connectivity index (χ3n) is 9.98. The van der Waals surface area contributed by atoms with Gasteiger partial charge in [-0.2, -0.15) is 24.9 Å². The SMILES string of the molecule is CCCCN(CCCC)c1cc(N(CCCC)CCCC)nc(Oc2ccc(Oc3nc(N(CCCC)CCCC)nc(N(CCCC)CCCC)n3)cc2)n1. The lowest BCUT2D eigenvalue weighted by Crippen LogP contribution is -2.31. The minimum absolute atomic E-state index is 0.314. The van der Waals surface area contributed by atoms with Crippen molar-refractivity contribution in [3.8, 4) is 23.5 Å². The minimum Gasteiger partial charge on any atom is -0.424 e. The highest BCUT2D eigenvalue weighted by Crippen LogP contribution is 2.30. The number of benzene rings is 1. The van der Waals surface area contributed by atoms with Crippen LogP contribution < -0.4 is 29.1 Å². The van der Waals surface area contributed by atoms with Crippen LogP contribution in [0.5, 0.6) is 23.5 Å². The summed E-state index contributed by atoms with van der Waals surface area (Å²) < 4.78 is 12.9. The van der Waals surface area contributed by atoms with Gasteiger partial charge in [0.1, 0.15) is 23.1 Å². The van der Waals surface area contributed by atoms with Gasteiger partial charge in [0.15, 0.2) is 0 Å². The fraction of sp³-hybridized carbons (Fsp3) is 0.711. The summed E-state index contributed by atoms with van der Waals surface area (Å²) in [5, 5.41) is 0. The second-order valence-electron chi connectivity index (χ2n) is 15.0. The quantitative estimate of drug-likeness (QED) is 0.0606. The van der Waals surface area contributed by atoms with E-state index >= 15 is 0 Å². The summed E-state index contributed by atoms with van der Waals surface area (Å²) in [5.74, 6) is 4.53. The van der Waals surface area contributed by atoms with E-state index in [0.717, 1.165) is 167 Å². The van der Waals surface area contributed by atoms with Gasteiger partial charge in [-0.05, 0) is 75.6 Å². The van der Waals surface area contributed by atoms with E-state index in [1.165, 1.54) is 0 Å². The van der Waals surface area contributed by atoms with Gasteiger partial charge in [-0.1, -0.05) is 107 Å². The minimum atomic E-state index is 0.314. The van der Waals surface area contributed by atoms with Gasteiger partial charge in [0.25, 0.3) is 0 Å². The molecule has 3 rings (SSSR count). The normalized spacial score (nSPS) is 11.1. The van der Waals surface area contributed by atoms with Crippen molar-refractivity contribution in [1.82, 2.24) is 24.9 Å². The lowest BCUT2D eigenvalue weighted by atomic mass is 10.2. The number of hydrogen-bond donors (Lipinski definition) is 0. The maximum absolute atomic E-state index is 6.45. The predicted octanol–water partition coefficient (Wildman–Crippen LogP) is 11.9. The van der Waals surface area contributed by atoms with E-state index in [9.17, 15) is 0 Å². The molecule has 0 aliphatic heterocycles. The van der Waals surface area contributed by atoms with Gasteiger partial charge in [0, 0.05) is 58.4 Å². The second-order valence-corrected chi connectivity index (χ2v) is 15.0. The van der Waals surface area contributed by atoms with Crippen LogP contribution in [0.2, 0.25) is 0 Å². The van der Waals surface area contributed by atoms with Crippen molar-refractivity contribution < 1.29 is 9.47 Å². The maximum Gasteiger partial charge on any atom is 0.328 e. The lowest BCUT2D eigenvalue weighted by Gasteiger charge is -2.28. The highest BCUT2D eigenvalue weighted by atomic mass is 16.5. The Morgan fingerprint density at radius 3 is 0.911 bits per heavy atom. The van der Waals surface area contributed by atoms with Crippen LogP contribution in [-0.2, 0) is 0 Å². The van der Waals surface area contributed by atoms with E-state index in [2.05, 4.69) is 81.1 Å². The zero-order chi connectivity index (χ0) is 40.4. The second kappa shape index (κ2) is 27.7. The first kappa shape index (κ1) is 46.5. The van der Waals surface area contributed by atoms with Crippen LogP contribution in [0, 0.1) is 0 Å². The van der Waals surface area contributed by atoms with Crippen molar-refractivity contribution in [3.63, 3.8) is 0 Å². The molecule has 11 nitrogen and oxygen atoms in total. The number of rotatable bonds is 32. The van der Waals surface area contributed by atoms with Crippen LogP contribution in [0.1, 0.15) is 158 Å². The molecular formula is C45H77N9O2. The summed E-state index contributed by atoms with van der Waals surface area (Å²) in [6, 6.07) is 10.5. The molecule has 0 saturated carbocycles. The molecule has 56 heavy (non-hydrogen) atoms. The molecule has 0 aliphatic carbocycles. The summed E-state index contributed by atoms with van der Waals surface area (Å²) in [6.07, 6.45) is 17.8. The zero-order valence-corrected chi connectivity index (χ0v) is 36.7. The van der Waals surface area contributed by atoms with Gasteiger partial charge >= 0.3 is 12.0 Å². The van der Waals surface area contributed by atoms with Crippen molar-refractivity contribution in [3.05, 3.63) is 30.3 Å². The van der Waals surface area contributed by atoms with Crippen LogP contribution in [0.25, 0.3) is 0 Å². The smallest absolute Gasteiger partial charge is 0.328 e. The Balaban J connectivity index is 1.97. The molecule has 0 spiro atoms. The molecule has 11 heteroatoms. The van der Waals surface area contributed by atoms with Crippen molar-refractivity contribution in [2.75, 3.05) is 72.0 Å². The lowest BCUT2D eigenvalue weighted by molar-refractivity contribution is 0.427. The Morgan fingerprint density at radius 1 is 0.357 bits per heavy atom. The largest absolute Gasteiger partial charge is 0.424 e. The van der Waals surface area contributed by atoms with E-state index in [1.54, 1.807) is 0 Å². The Kier molecular flexibility index (Phi) is 23.0. The summed E-state index contributed by atoms with van der Waals surface area (Å²) in [4.78, 5) is 34.3. The maximum atomic E-state index is 6.45. The fourth-order valence-corrected chi connectivity index (χ4v) is 6.32. The topological polar surface area (TPSA) is 95.9 Å². The highest BCUT2D eigenvalue weighted by molar-refractivity contribution is 5.52. The predicted molar refractivity (Wildman–Crippen MR) is 237 cm³/mol. The van der Waals surface area contributed by atoms with Crippen LogP contribution in [-0.4, -0.2) is 77.3 Å². The van der Waals surface area contributed by atoms with Gasteiger partial charge in [0.2, 0.25) is 11.9 Å². The van der Waals surface area contributed by atoms with Crippen molar-refractivity contribution in [1.29, 1.82) is 0 Å². The summed E-state index contributed by atoms with van der Waals surface area (Å²) in [6.45, 7) is 25.4. The van der Waals surface area contributed by atoms with Gasteiger partial charge < -0.3 is 29.1 Å². The van der Waals surface area contributed by atoms with Crippen molar-refractivity contribution in [2.24, 2.45) is 0 Å². The first-order chi connectivity index (χ1) is 27.4. The van der Waals surface area contributed by atoms with Crippen molar-refractivity contribution >= 4 is 23.5 Å². The first-order valence-electron chi connectivity index (χ1n) is 22.5. The molecule has 0 radical (unpaired) electrons. The summed E-state index contributed by atoms with van der Waals surface area (Å²) in [5.41, 5.74) is 0. The molecule has 0 amide bonds. The fourth-order valence-electron chi connectivity index (χ4n) is 6.32. The molecule has 3 aromatic rings. The number of hydrogen-bond acceptors (Lipinski definition) is 11. The van der Waals surface area contributed by atoms with Crippen LogP contribution in [0.3, 0.4) is 0 Å². The van der Waals surface area contributed by atoms with Gasteiger partial charge in [-0.15, -0.1) is 0 Å². The Hall–Kier alpha value is -3.89. The Bertz CT molecular complexity index is 1240. The van der Waals surface area contributed by atoms with E-state index in [-0.39, 0.29) is 0 Å².